The number of aromatic nitrogens is 2. The van der Waals surface area contributed by atoms with Gasteiger partial charge in [-0.05, 0) is 33.3 Å². The van der Waals surface area contributed by atoms with Crippen LogP contribution in [0.15, 0.2) is 18.2 Å². The molecule has 1 unspecified atom stereocenters. The van der Waals surface area contributed by atoms with Gasteiger partial charge in [0.25, 0.3) is 0 Å². The molecule has 1 aromatic carbocycles. The minimum Gasteiger partial charge on any atom is -0.346 e. The monoisotopic (exact) mass is 243 g/mol. The fourth-order valence-corrected chi connectivity index (χ4v) is 2.27. The molecule has 3 nitrogen and oxygen atoms in total. The second kappa shape index (κ2) is 4.94. The van der Waals surface area contributed by atoms with E-state index in [0.29, 0.717) is 0 Å². The zero-order chi connectivity index (χ0) is 13.3. The van der Waals surface area contributed by atoms with Crippen molar-refractivity contribution >= 4 is 0 Å². The molecule has 0 aliphatic carbocycles. The maximum Gasteiger partial charge on any atom is 0.108 e. The molecule has 1 atom stereocenters. The predicted octanol–water partition coefficient (Wildman–Crippen LogP) is 2.89. The quantitative estimate of drug-likeness (QED) is 0.871. The molecule has 0 amide bonds. The Labute approximate surface area is 108 Å². The lowest BCUT2D eigenvalue weighted by Crippen LogP contribution is -2.18. The van der Waals surface area contributed by atoms with Crippen molar-refractivity contribution in [2.24, 2.45) is 5.73 Å². The van der Waals surface area contributed by atoms with Crippen LogP contribution in [0, 0.1) is 20.8 Å². The van der Waals surface area contributed by atoms with Crippen LogP contribution >= 0.6 is 0 Å². The third-order valence-corrected chi connectivity index (χ3v) is 3.09. The highest BCUT2D eigenvalue weighted by Gasteiger charge is 2.11. The normalized spacial score (nSPS) is 12.7. The highest BCUT2D eigenvalue weighted by molar-refractivity contribution is 5.66. The van der Waals surface area contributed by atoms with E-state index in [1.54, 1.807) is 0 Å². The summed E-state index contributed by atoms with van der Waals surface area (Å²) in [6.45, 7) is 8.29. The first-order valence-corrected chi connectivity index (χ1v) is 6.36. The van der Waals surface area contributed by atoms with Crippen LogP contribution in [0.1, 0.15) is 29.6 Å². The highest BCUT2D eigenvalue weighted by atomic mass is 14.9. The third-order valence-electron chi connectivity index (χ3n) is 3.09. The van der Waals surface area contributed by atoms with Gasteiger partial charge in [0.1, 0.15) is 5.82 Å². The molecule has 0 saturated heterocycles. The number of hydrogen-bond acceptors (Lipinski definition) is 2. The average molecular weight is 243 g/mol. The van der Waals surface area contributed by atoms with E-state index in [9.17, 15) is 0 Å². The van der Waals surface area contributed by atoms with Crippen LogP contribution < -0.4 is 5.73 Å². The summed E-state index contributed by atoms with van der Waals surface area (Å²) in [4.78, 5) is 8.00. The maximum atomic E-state index is 5.81. The number of aryl methyl sites for hydroxylation is 3. The zero-order valence-electron chi connectivity index (χ0n) is 11.5. The second-order valence-corrected chi connectivity index (χ2v) is 5.16. The Bertz CT molecular complexity index is 553. The Morgan fingerprint density at radius 3 is 2.61 bits per heavy atom. The van der Waals surface area contributed by atoms with Crippen LogP contribution in [0.2, 0.25) is 0 Å². The van der Waals surface area contributed by atoms with Crippen molar-refractivity contribution in [3.8, 4) is 11.3 Å². The molecule has 0 bridgehead atoms. The minimum absolute atomic E-state index is 0.127. The van der Waals surface area contributed by atoms with Crippen LogP contribution in [0.3, 0.4) is 0 Å². The molecule has 0 radical (unpaired) electrons. The molecule has 3 N–H and O–H groups in total. The van der Waals surface area contributed by atoms with E-state index in [1.165, 1.54) is 16.7 Å². The smallest absolute Gasteiger partial charge is 0.108 e. The molecule has 2 aromatic rings. The molecule has 1 aromatic heterocycles. The molecular formula is C15H21N3. The number of rotatable bonds is 3. The van der Waals surface area contributed by atoms with E-state index in [0.717, 1.165) is 23.6 Å². The fraction of sp³-hybridized carbons (Fsp3) is 0.400. The van der Waals surface area contributed by atoms with Gasteiger partial charge in [-0.25, -0.2) is 4.98 Å². The number of aromatic amines is 1. The summed E-state index contributed by atoms with van der Waals surface area (Å²) in [6.07, 6.45) is 0.783. The van der Waals surface area contributed by atoms with Crippen LogP contribution in [0.5, 0.6) is 0 Å². The van der Waals surface area contributed by atoms with Gasteiger partial charge >= 0.3 is 0 Å². The van der Waals surface area contributed by atoms with Crippen molar-refractivity contribution in [2.45, 2.75) is 40.2 Å². The van der Waals surface area contributed by atoms with E-state index in [-0.39, 0.29) is 6.04 Å². The SMILES string of the molecule is Cc1ccc(-c2nc(CC(C)N)[nH]c2C)c(C)c1. The number of hydrogen-bond donors (Lipinski definition) is 2. The lowest BCUT2D eigenvalue weighted by molar-refractivity contribution is 0.709. The Morgan fingerprint density at radius 1 is 1.28 bits per heavy atom. The van der Waals surface area contributed by atoms with Gasteiger partial charge in [0, 0.05) is 23.7 Å². The summed E-state index contributed by atoms with van der Waals surface area (Å²) in [7, 11) is 0. The summed E-state index contributed by atoms with van der Waals surface area (Å²) in [5, 5.41) is 0. The third kappa shape index (κ3) is 2.62. The molecular weight excluding hydrogens is 222 g/mol. The van der Waals surface area contributed by atoms with Crippen molar-refractivity contribution < 1.29 is 0 Å². The van der Waals surface area contributed by atoms with Crippen LogP contribution in [0.4, 0.5) is 0 Å². The summed E-state index contributed by atoms with van der Waals surface area (Å²) >= 11 is 0. The Balaban J connectivity index is 2.41. The molecule has 0 spiro atoms. The number of nitrogens with two attached hydrogens (primary N) is 1. The lowest BCUT2D eigenvalue weighted by Gasteiger charge is -2.05. The van der Waals surface area contributed by atoms with Gasteiger partial charge in [0.15, 0.2) is 0 Å². The maximum absolute atomic E-state index is 5.81. The van der Waals surface area contributed by atoms with Crippen LogP contribution in [-0.4, -0.2) is 16.0 Å². The first-order chi connectivity index (χ1) is 8.47. The van der Waals surface area contributed by atoms with Gasteiger partial charge in [-0.1, -0.05) is 23.8 Å². The van der Waals surface area contributed by atoms with Gasteiger partial charge in [0.05, 0.1) is 5.69 Å². The Hall–Kier alpha value is -1.61. The van der Waals surface area contributed by atoms with Gasteiger partial charge < -0.3 is 10.7 Å². The average Bonchev–Trinajstić information content (AvgIpc) is 2.58. The number of benzene rings is 1. The van der Waals surface area contributed by atoms with Gasteiger partial charge in [0.2, 0.25) is 0 Å². The van der Waals surface area contributed by atoms with E-state index in [1.807, 2.05) is 6.92 Å². The molecule has 3 heteroatoms. The number of imidazole rings is 1. The van der Waals surface area contributed by atoms with Crippen molar-refractivity contribution in [3.05, 3.63) is 40.8 Å². The van der Waals surface area contributed by atoms with Crippen LogP contribution in [0.25, 0.3) is 11.3 Å². The highest BCUT2D eigenvalue weighted by Crippen LogP contribution is 2.25. The topological polar surface area (TPSA) is 54.7 Å². The summed E-state index contributed by atoms with van der Waals surface area (Å²) in [6, 6.07) is 6.59. The predicted molar refractivity (Wildman–Crippen MR) is 75.6 cm³/mol. The van der Waals surface area contributed by atoms with Crippen molar-refractivity contribution in [2.75, 3.05) is 0 Å². The summed E-state index contributed by atoms with van der Waals surface area (Å²) in [5.74, 6) is 0.970. The van der Waals surface area contributed by atoms with Gasteiger partial charge in [-0.15, -0.1) is 0 Å². The molecule has 2 rings (SSSR count). The largest absolute Gasteiger partial charge is 0.346 e. The summed E-state index contributed by atoms with van der Waals surface area (Å²) in [5.41, 5.74) is 11.7. The Morgan fingerprint density at radius 2 is 2.00 bits per heavy atom. The zero-order valence-corrected chi connectivity index (χ0v) is 11.5. The molecule has 1 heterocycles. The van der Waals surface area contributed by atoms with Crippen molar-refractivity contribution in [1.82, 2.24) is 9.97 Å². The van der Waals surface area contributed by atoms with Gasteiger partial charge in [-0.2, -0.15) is 0 Å². The molecule has 18 heavy (non-hydrogen) atoms. The first-order valence-electron chi connectivity index (χ1n) is 6.36. The van der Waals surface area contributed by atoms with E-state index < -0.39 is 0 Å². The van der Waals surface area contributed by atoms with Crippen LogP contribution in [-0.2, 0) is 6.42 Å². The van der Waals surface area contributed by atoms with Crippen molar-refractivity contribution in [3.63, 3.8) is 0 Å². The number of H-pyrrole nitrogens is 1. The second-order valence-electron chi connectivity index (χ2n) is 5.16. The first kappa shape index (κ1) is 12.8. The molecule has 0 saturated carbocycles. The van der Waals surface area contributed by atoms with E-state index in [4.69, 9.17) is 5.73 Å². The lowest BCUT2D eigenvalue weighted by atomic mass is 10.0. The number of nitrogens with one attached hydrogen (secondary N) is 1. The molecule has 96 valence electrons. The standard InChI is InChI=1S/C15H21N3/c1-9-5-6-13(10(2)7-9)15-12(4)17-14(18-15)8-11(3)16/h5-7,11H,8,16H2,1-4H3,(H,17,18). The number of nitrogens with zero attached hydrogens (tertiary/aromatic N) is 1. The molecule has 0 aliphatic heterocycles. The minimum atomic E-state index is 0.127. The Kier molecular flexibility index (Phi) is 3.53. The van der Waals surface area contributed by atoms with Gasteiger partial charge in [-0.3, -0.25) is 0 Å². The van der Waals surface area contributed by atoms with Crippen molar-refractivity contribution in [1.29, 1.82) is 0 Å². The summed E-state index contributed by atoms with van der Waals surface area (Å²) < 4.78 is 0. The van der Waals surface area contributed by atoms with E-state index >= 15 is 0 Å². The fourth-order valence-electron chi connectivity index (χ4n) is 2.27. The molecule has 0 aliphatic rings. The molecule has 0 fully saturated rings. The van der Waals surface area contributed by atoms with E-state index in [2.05, 4.69) is 48.9 Å².